The lowest BCUT2D eigenvalue weighted by Crippen LogP contribution is -2.50. The molecule has 18 heavy (non-hydrogen) atoms. The zero-order valence-corrected chi connectivity index (χ0v) is 11.5. The molecule has 4 N–H and O–H groups in total. The molecule has 1 rings (SSSR count). The fourth-order valence-corrected chi connectivity index (χ4v) is 1.98. The summed E-state index contributed by atoms with van der Waals surface area (Å²) < 4.78 is 5.49. The molecule has 1 aliphatic heterocycles. The molecule has 1 fully saturated rings. The first-order valence-electron chi connectivity index (χ1n) is 6.35. The van der Waals surface area contributed by atoms with E-state index < -0.39 is 0 Å². The lowest BCUT2D eigenvalue weighted by atomic mass is 9.87. The molecule has 0 amide bonds. The molecule has 0 saturated carbocycles. The highest BCUT2D eigenvalue weighted by Gasteiger charge is 2.29. The highest BCUT2D eigenvalue weighted by molar-refractivity contribution is 5.85. The molecule has 0 aliphatic carbocycles. The smallest absolute Gasteiger partial charge is 0.144 e. The van der Waals surface area contributed by atoms with E-state index in [1.807, 2.05) is 13.8 Å². The molecule has 1 saturated heterocycles. The van der Waals surface area contributed by atoms with Gasteiger partial charge in [0.05, 0.1) is 19.3 Å². The number of hydrogen-bond acceptors (Lipinski definition) is 5. The number of aliphatic hydroxyl groups excluding tert-OH is 1. The first-order chi connectivity index (χ1) is 8.40. The third-order valence-corrected chi connectivity index (χ3v) is 3.66. The Morgan fingerprint density at radius 1 is 1.56 bits per heavy atom. The van der Waals surface area contributed by atoms with Crippen LogP contribution in [0.5, 0.6) is 0 Å². The second kappa shape index (κ2) is 6.36. The Bertz CT molecular complexity index is 294. The van der Waals surface area contributed by atoms with Crippen molar-refractivity contribution in [3.05, 3.63) is 0 Å². The standard InChI is InChI=1S/C12H25N3O3/c1-9-8-18-10(7-16)6-15(9)5-4-12(2,3)11(13)14-17/h9-10,16-17H,4-8H2,1-3H3,(H2,13,14). The zero-order valence-electron chi connectivity index (χ0n) is 11.5. The lowest BCUT2D eigenvalue weighted by molar-refractivity contribution is -0.0790. The van der Waals surface area contributed by atoms with Crippen molar-refractivity contribution >= 4 is 5.84 Å². The van der Waals surface area contributed by atoms with E-state index in [1.54, 1.807) is 0 Å². The molecule has 0 aromatic carbocycles. The predicted molar refractivity (Wildman–Crippen MR) is 69.7 cm³/mol. The molecule has 6 heteroatoms. The van der Waals surface area contributed by atoms with Crippen LogP contribution in [0.1, 0.15) is 27.2 Å². The average Bonchev–Trinajstić information content (AvgIpc) is 2.36. The number of nitrogens with two attached hydrogens (primary N) is 1. The monoisotopic (exact) mass is 259 g/mol. The van der Waals surface area contributed by atoms with Crippen LogP contribution in [0.3, 0.4) is 0 Å². The van der Waals surface area contributed by atoms with Crippen LogP contribution in [-0.4, -0.2) is 59.5 Å². The molecule has 2 unspecified atom stereocenters. The van der Waals surface area contributed by atoms with Gasteiger partial charge in [-0.05, 0) is 19.9 Å². The summed E-state index contributed by atoms with van der Waals surface area (Å²) in [5, 5.41) is 20.9. The molecule has 1 aliphatic rings. The normalized spacial score (nSPS) is 27.4. The van der Waals surface area contributed by atoms with Gasteiger partial charge in [0.2, 0.25) is 0 Å². The second-order valence-corrected chi connectivity index (χ2v) is 5.60. The Hall–Kier alpha value is -0.850. The summed E-state index contributed by atoms with van der Waals surface area (Å²) in [5.41, 5.74) is 5.34. The number of nitrogens with zero attached hydrogens (tertiary/aromatic N) is 2. The topological polar surface area (TPSA) is 91.3 Å². The van der Waals surface area contributed by atoms with Gasteiger partial charge < -0.3 is 20.8 Å². The molecule has 0 spiro atoms. The summed E-state index contributed by atoms with van der Waals surface area (Å²) in [7, 11) is 0. The van der Waals surface area contributed by atoms with Crippen molar-refractivity contribution in [3.8, 4) is 0 Å². The summed E-state index contributed by atoms with van der Waals surface area (Å²) in [6.45, 7) is 8.26. The Kier molecular flexibility index (Phi) is 5.37. The van der Waals surface area contributed by atoms with E-state index in [-0.39, 0.29) is 24.0 Å². The van der Waals surface area contributed by atoms with Crippen molar-refractivity contribution in [1.29, 1.82) is 0 Å². The summed E-state index contributed by atoms with van der Waals surface area (Å²) >= 11 is 0. The third-order valence-electron chi connectivity index (χ3n) is 3.66. The minimum atomic E-state index is -0.332. The molecule has 0 aromatic heterocycles. The van der Waals surface area contributed by atoms with Crippen LogP contribution >= 0.6 is 0 Å². The largest absolute Gasteiger partial charge is 0.409 e. The van der Waals surface area contributed by atoms with Gasteiger partial charge in [-0.15, -0.1) is 0 Å². The first-order valence-corrected chi connectivity index (χ1v) is 6.35. The van der Waals surface area contributed by atoms with Gasteiger partial charge in [-0.25, -0.2) is 0 Å². The molecule has 2 atom stereocenters. The molecule has 0 bridgehead atoms. The van der Waals surface area contributed by atoms with Gasteiger partial charge in [-0.2, -0.15) is 0 Å². The lowest BCUT2D eigenvalue weighted by Gasteiger charge is -2.38. The average molecular weight is 259 g/mol. The Morgan fingerprint density at radius 3 is 2.78 bits per heavy atom. The number of rotatable bonds is 5. The second-order valence-electron chi connectivity index (χ2n) is 5.60. The van der Waals surface area contributed by atoms with Crippen molar-refractivity contribution in [1.82, 2.24) is 4.90 Å². The van der Waals surface area contributed by atoms with E-state index in [0.29, 0.717) is 12.6 Å². The van der Waals surface area contributed by atoms with E-state index in [9.17, 15) is 0 Å². The van der Waals surface area contributed by atoms with Crippen molar-refractivity contribution < 1.29 is 15.1 Å². The third kappa shape index (κ3) is 3.83. The van der Waals surface area contributed by atoms with Crippen molar-refractivity contribution in [3.63, 3.8) is 0 Å². The molecule has 0 radical (unpaired) electrons. The highest BCUT2D eigenvalue weighted by atomic mass is 16.5. The van der Waals surface area contributed by atoms with Crippen molar-refractivity contribution in [2.45, 2.75) is 39.3 Å². The number of aliphatic hydroxyl groups is 1. The Morgan fingerprint density at radius 2 is 2.22 bits per heavy atom. The number of morpholine rings is 1. The first kappa shape index (κ1) is 15.2. The van der Waals surface area contributed by atoms with Crippen molar-refractivity contribution in [2.24, 2.45) is 16.3 Å². The van der Waals surface area contributed by atoms with Gasteiger partial charge in [-0.3, -0.25) is 4.90 Å². The summed E-state index contributed by atoms with van der Waals surface area (Å²) in [5.74, 6) is 0.252. The van der Waals surface area contributed by atoms with E-state index in [2.05, 4.69) is 17.0 Å². The number of oxime groups is 1. The van der Waals surface area contributed by atoms with Crippen LogP contribution in [0.2, 0.25) is 0 Å². The quantitative estimate of drug-likeness (QED) is 0.284. The van der Waals surface area contributed by atoms with Crippen molar-refractivity contribution in [2.75, 3.05) is 26.3 Å². The fourth-order valence-electron chi connectivity index (χ4n) is 1.98. The fraction of sp³-hybridized carbons (Fsp3) is 0.917. The Balaban J connectivity index is 2.51. The van der Waals surface area contributed by atoms with Crippen LogP contribution in [-0.2, 0) is 4.74 Å². The van der Waals surface area contributed by atoms with Crippen LogP contribution in [0, 0.1) is 5.41 Å². The van der Waals surface area contributed by atoms with E-state index in [1.165, 1.54) is 0 Å². The van der Waals surface area contributed by atoms with E-state index >= 15 is 0 Å². The summed E-state index contributed by atoms with van der Waals surface area (Å²) in [6.07, 6.45) is 0.693. The molecular formula is C12H25N3O3. The van der Waals surface area contributed by atoms with Crippen LogP contribution in [0.4, 0.5) is 0 Å². The van der Waals surface area contributed by atoms with Crippen LogP contribution in [0.25, 0.3) is 0 Å². The van der Waals surface area contributed by atoms with E-state index in [4.69, 9.17) is 20.8 Å². The Labute approximate surface area is 108 Å². The molecular weight excluding hydrogens is 234 g/mol. The van der Waals surface area contributed by atoms with Gasteiger partial charge in [0.1, 0.15) is 5.84 Å². The molecule has 0 aromatic rings. The van der Waals surface area contributed by atoms with Gasteiger partial charge in [0.25, 0.3) is 0 Å². The molecule has 1 heterocycles. The van der Waals surface area contributed by atoms with Gasteiger partial charge in [0.15, 0.2) is 0 Å². The number of amidine groups is 1. The SMILES string of the molecule is CC1COC(CO)CN1CCC(C)(C)C(N)=NO. The maximum Gasteiger partial charge on any atom is 0.144 e. The summed E-state index contributed by atoms with van der Waals surface area (Å²) in [6, 6.07) is 0.330. The zero-order chi connectivity index (χ0) is 13.8. The highest BCUT2D eigenvalue weighted by Crippen LogP contribution is 2.22. The van der Waals surface area contributed by atoms with Gasteiger partial charge >= 0.3 is 0 Å². The maximum atomic E-state index is 9.13. The van der Waals surface area contributed by atoms with Crippen LogP contribution in [0.15, 0.2) is 5.16 Å². The number of hydrogen-bond donors (Lipinski definition) is 3. The van der Waals surface area contributed by atoms with Gasteiger partial charge in [0, 0.05) is 18.0 Å². The van der Waals surface area contributed by atoms with Gasteiger partial charge in [-0.1, -0.05) is 19.0 Å². The summed E-state index contributed by atoms with van der Waals surface area (Å²) in [4.78, 5) is 2.27. The predicted octanol–water partition coefficient (Wildman–Crippen LogP) is 0.231. The van der Waals surface area contributed by atoms with E-state index in [0.717, 1.165) is 19.5 Å². The minimum Gasteiger partial charge on any atom is -0.409 e. The molecule has 6 nitrogen and oxygen atoms in total. The number of ether oxygens (including phenoxy) is 1. The minimum absolute atomic E-state index is 0.0485. The maximum absolute atomic E-state index is 9.13. The van der Waals surface area contributed by atoms with Crippen LogP contribution < -0.4 is 5.73 Å². The molecule has 106 valence electrons.